The predicted octanol–water partition coefficient (Wildman–Crippen LogP) is 0.665. The minimum atomic E-state index is -1.02. The fraction of sp³-hybridized carbons (Fsp3) is 0.273. The second-order valence-corrected chi connectivity index (χ2v) is 3.22. The van der Waals surface area contributed by atoms with E-state index in [1.807, 2.05) is 0 Å². The number of carbonyl (C=O) groups is 2. The Morgan fingerprint density at radius 1 is 1.24 bits per heavy atom. The number of rotatable bonds is 6. The summed E-state index contributed by atoms with van der Waals surface area (Å²) in [6.07, 6.45) is -0.215. The molecule has 0 spiro atoms. The molecule has 0 aliphatic heterocycles. The summed E-state index contributed by atoms with van der Waals surface area (Å²) >= 11 is 0. The van der Waals surface area contributed by atoms with E-state index in [4.69, 9.17) is 15.6 Å². The smallest absolute Gasteiger partial charge is 0.344 e. The molecule has 1 aromatic carbocycles. The van der Waals surface area contributed by atoms with Gasteiger partial charge in [-0.2, -0.15) is 0 Å². The van der Waals surface area contributed by atoms with E-state index in [2.05, 4.69) is 4.74 Å². The molecule has 0 bridgehead atoms. The first-order valence-electron chi connectivity index (χ1n) is 4.93. The van der Waals surface area contributed by atoms with E-state index in [0.29, 0.717) is 11.4 Å². The Morgan fingerprint density at radius 3 is 2.47 bits per heavy atom. The lowest BCUT2D eigenvalue weighted by molar-refractivity contribution is -0.148. The highest BCUT2D eigenvalue weighted by atomic mass is 16.6. The van der Waals surface area contributed by atoms with E-state index in [-0.39, 0.29) is 19.6 Å². The lowest BCUT2D eigenvalue weighted by Gasteiger charge is -2.06. The number of aliphatic carboxylic acids is 1. The maximum absolute atomic E-state index is 11.1. The van der Waals surface area contributed by atoms with Gasteiger partial charge >= 0.3 is 11.9 Å². The average molecular weight is 239 g/mol. The summed E-state index contributed by atoms with van der Waals surface area (Å²) in [5, 5.41) is 8.33. The van der Waals surface area contributed by atoms with Crippen LogP contribution in [0, 0.1) is 0 Å². The van der Waals surface area contributed by atoms with Crippen LogP contribution >= 0.6 is 0 Å². The summed E-state index contributed by atoms with van der Waals surface area (Å²) in [4.78, 5) is 21.3. The van der Waals surface area contributed by atoms with Crippen LogP contribution in [-0.2, 0) is 14.3 Å². The maximum atomic E-state index is 11.1. The van der Waals surface area contributed by atoms with Crippen LogP contribution in [-0.4, -0.2) is 30.3 Å². The maximum Gasteiger partial charge on any atom is 0.344 e. The van der Waals surface area contributed by atoms with Crippen molar-refractivity contribution in [3.63, 3.8) is 0 Å². The number of carbonyl (C=O) groups excluding carboxylic acids is 1. The molecule has 0 atom stereocenters. The molecule has 0 unspecified atom stereocenters. The molecule has 1 rings (SSSR count). The van der Waals surface area contributed by atoms with E-state index < -0.39 is 11.9 Å². The van der Waals surface area contributed by atoms with Crippen LogP contribution in [0.15, 0.2) is 24.3 Å². The Labute approximate surface area is 97.9 Å². The molecule has 92 valence electrons. The van der Waals surface area contributed by atoms with Gasteiger partial charge < -0.3 is 20.3 Å². The number of hydrogen-bond donors (Lipinski definition) is 2. The van der Waals surface area contributed by atoms with Gasteiger partial charge in [0.05, 0.1) is 6.42 Å². The van der Waals surface area contributed by atoms with Crippen LogP contribution in [0.5, 0.6) is 5.75 Å². The molecular formula is C11H13NO5. The monoisotopic (exact) mass is 239 g/mol. The van der Waals surface area contributed by atoms with Crippen molar-refractivity contribution >= 4 is 17.6 Å². The van der Waals surface area contributed by atoms with Crippen LogP contribution in [0.2, 0.25) is 0 Å². The van der Waals surface area contributed by atoms with Gasteiger partial charge in [-0.3, -0.25) is 4.79 Å². The first-order chi connectivity index (χ1) is 8.08. The fourth-order valence-electron chi connectivity index (χ4n) is 1.00. The highest BCUT2D eigenvalue weighted by molar-refractivity contribution is 5.72. The third-order valence-electron chi connectivity index (χ3n) is 1.82. The van der Waals surface area contributed by atoms with E-state index in [1.54, 1.807) is 24.3 Å². The zero-order valence-corrected chi connectivity index (χ0v) is 9.09. The first kappa shape index (κ1) is 12.8. The Hall–Kier alpha value is -2.24. The van der Waals surface area contributed by atoms with Crippen molar-refractivity contribution in [1.29, 1.82) is 0 Å². The summed E-state index contributed by atoms with van der Waals surface area (Å²) in [5.74, 6) is -1.13. The number of hydrogen-bond acceptors (Lipinski definition) is 5. The van der Waals surface area contributed by atoms with Crippen LogP contribution in [0.3, 0.4) is 0 Å². The molecule has 0 saturated carbocycles. The molecule has 3 N–H and O–H groups in total. The number of anilines is 1. The van der Waals surface area contributed by atoms with E-state index in [9.17, 15) is 9.59 Å². The van der Waals surface area contributed by atoms with Crippen LogP contribution in [0.25, 0.3) is 0 Å². The third kappa shape index (κ3) is 5.41. The first-order valence-corrected chi connectivity index (χ1v) is 4.93. The number of esters is 1. The van der Waals surface area contributed by atoms with E-state index in [1.165, 1.54) is 0 Å². The van der Waals surface area contributed by atoms with Crippen molar-refractivity contribution in [2.24, 2.45) is 0 Å². The highest BCUT2D eigenvalue weighted by Gasteiger charge is 2.05. The van der Waals surface area contributed by atoms with E-state index in [0.717, 1.165) is 0 Å². The van der Waals surface area contributed by atoms with Crippen LogP contribution in [0.4, 0.5) is 5.69 Å². The molecule has 0 fully saturated rings. The third-order valence-corrected chi connectivity index (χ3v) is 1.82. The Bertz CT molecular complexity index is 387. The molecule has 0 radical (unpaired) electrons. The van der Waals surface area contributed by atoms with Gasteiger partial charge in [-0.15, -0.1) is 0 Å². The Morgan fingerprint density at radius 2 is 1.88 bits per heavy atom. The summed E-state index contributed by atoms with van der Waals surface area (Å²) in [5.41, 5.74) is 6.07. The largest absolute Gasteiger partial charge is 0.482 e. The molecule has 17 heavy (non-hydrogen) atoms. The second-order valence-electron chi connectivity index (χ2n) is 3.22. The van der Waals surface area contributed by atoms with Gasteiger partial charge in [0, 0.05) is 5.69 Å². The number of carboxylic acids is 1. The predicted molar refractivity (Wildman–Crippen MR) is 59.6 cm³/mol. The van der Waals surface area contributed by atoms with Crippen molar-refractivity contribution in [3.8, 4) is 5.75 Å². The summed E-state index contributed by atoms with van der Waals surface area (Å²) < 4.78 is 9.73. The van der Waals surface area contributed by atoms with Crippen molar-refractivity contribution in [3.05, 3.63) is 24.3 Å². The highest BCUT2D eigenvalue weighted by Crippen LogP contribution is 2.12. The lowest BCUT2D eigenvalue weighted by atomic mass is 10.3. The van der Waals surface area contributed by atoms with Crippen molar-refractivity contribution < 1.29 is 24.2 Å². The minimum absolute atomic E-state index is 0.154. The second kappa shape index (κ2) is 6.37. The lowest BCUT2D eigenvalue weighted by Crippen LogP contribution is -2.16. The number of nitrogen functional groups attached to an aromatic ring is 1. The normalized spacial score (nSPS) is 9.65. The molecule has 0 amide bonds. The zero-order valence-electron chi connectivity index (χ0n) is 9.09. The SMILES string of the molecule is Nc1ccc(OCC(=O)OCCC(=O)O)cc1. The number of ether oxygens (including phenoxy) is 2. The minimum Gasteiger partial charge on any atom is -0.482 e. The molecule has 0 aliphatic carbocycles. The van der Waals surface area contributed by atoms with E-state index >= 15 is 0 Å². The van der Waals surface area contributed by atoms with Gasteiger partial charge in [-0.25, -0.2) is 4.79 Å². The van der Waals surface area contributed by atoms with Crippen molar-refractivity contribution in [2.75, 3.05) is 18.9 Å². The quantitative estimate of drug-likeness (QED) is 0.559. The van der Waals surface area contributed by atoms with Crippen molar-refractivity contribution in [1.82, 2.24) is 0 Å². The number of benzene rings is 1. The number of carboxylic acid groups (broad SMARTS) is 1. The van der Waals surface area contributed by atoms with Gasteiger partial charge in [-0.05, 0) is 24.3 Å². The summed E-state index contributed by atoms with van der Waals surface area (Å²) in [6.45, 7) is -0.414. The molecule has 6 heteroatoms. The molecular weight excluding hydrogens is 226 g/mol. The summed E-state index contributed by atoms with van der Waals surface area (Å²) in [7, 11) is 0. The topological polar surface area (TPSA) is 98.9 Å². The molecule has 0 aliphatic rings. The molecule has 0 saturated heterocycles. The standard InChI is InChI=1S/C11H13NO5/c12-8-1-3-9(4-2-8)17-7-11(15)16-6-5-10(13)14/h1-4H,5-7,12H2,(H,13,14). The summed E-state index contributed by atoms with van der Waals surface area (Å²) in [6, 6.07) is 6.54. The average Bonchev–Trinajstić information content (AvgIpc) is 2.28. The van der Waals surface area contributed by atoms with Gasteiger partial charge in [0.1, 0.15) is 12.4 Å². The van der Waals surface area contributed by atoms with Gasteiger partial charge in [0.2, 0.25) is 0 Å². The van der Waals surface area contributed by atoms with Crippen LogP contribution < -0.4 is 10.5 Å². The Balaban J connectivity index is 2.23. The van der Waals surface area contributed by atoms with Crippen molar-refractivity contribution in [2.45, 2.75) is 6.42 Å². The van der Waals surface area contributed by atoms with Gasteiger partial charge in [-0.1, -0.05) is 0 Å². The van der Waals surface area contributed by atoms with Gasteiger partial charge in [0.25, 0.3) is 0 Å². The molecule has 1 aromatic rings. The van der Waals surface area contributed by atoms with Crippen LogP contribution in [0.1, 0.15) is 6.42 Å². The van der Waals surface area contributed by atoms with Gasteiger partial charge in [0.15, 0.2) is 6.61 Å². The number of nitrogens with two attached hydrogens (primary N) is 1. The Kier molecular flexibility index (Phi) is 4.80. The zero-order chi connectivity index (χ0) is 12.7. The molecule has 0 aromatic heterocycles. The fourth-order valence-corrected chi connectivity index (χ4v) is 1.00. The molecule has 0 heterocycles. The molecule has 6 nitrogen and oxygen atoms in total.